The van der Waals surface area contributed by atoms with E-state index in [4.69, 9.17) is 0 Å². The zero-order valence-electron chi connectivity index (χ0n) is 9.56. The standard InChI is InChI=1S/C12H20N2O/c1-9(2)14-12(6-7-13-14)11-5-3-4-10(11)8-15/h6-7,9-11,15H,3-5,8H2,1-2H3. The molecule has 1 aromatic rings. The monoisotopic (exact) mass is 208 g/mol. The zero-order chi connectivity index (χ0) is 10.8. The summed E-state index contributed by atoms with van der Waals surface area (Å²) in [5, 5.41) is 13.7. The van der Waals surface area contributed by atoms with Gasteiger partial charge in [-0.2, -0.15) is 5.10 Å². The molecule has 0 aromatic carbocycles. The maximum absolute atomic E-state index is 9.34. The summed E-state index contributed by atoms with van der Waals surface area (Å²) < 4.78 is 2.10. The van der Waals surface area contributed by atoms with Gasteiger partial charge in [0, 0.05) is 30.5 Å². The molecule has 0 aliphatic heterocycles. The Morgan fingerprint density at radius 3 is 3.00 bits per heavy atom. The van der Waals surface area contributed by atoms with Gasteiger partial charge in [-0.25, -0.2) is 0 Å². The lowest BCUT2D eigenvalue weighted by Crippen LogP contribution is -2.16. The zero-order valence-corrected chi connectivity index (χ0v) is 9.56. The largest absolute Gasteiger partial charge is 0.396 e. The van der Waals surface area contributed by atoms with Crippen molar-refractivity contribution >= 4 is 0 Å². The second kappa shape index (κ2) is 4.35. The van der Waals surface area contributed by atoms with E-state index in [1.165, 1.54) is 18.5 Å². The fraction of sp³-hybridized carbons (Fsp3) is 0.750. The van der Waals surface area contributed by atoms with E-state index < -0.39 is 0 Å². The van der Waals surface area contributed by atoms with E-state index in [1.807, 2.05) is 6.20 Å². The molecule has 3 nitrogen and oxygen atoms in total. The van der Waals surface area contributed by atoms with Gasteiger partial charge in [-0.1, -0.05) is 6.42 Å². The first kappa shape index (κ1) is 10.7. The minimum Gasteiger partial charge on any atom is -0.396 e. The molecule has 1 fully saturated rings. The number of aliphatic hydroxyl groups excluding tert-OH is 1. The summed E-state index contributed by atoms with van der Waals surface area (Å²) in [6, 6.07) is 2.52. The topological polar surface area (TPSA) is 38.0 Å². The number of aliphatic hydroxyl groups is 1. The van der Waals surface area contributed by atoms with Crippen molar-refractivity contribution in [1.29, 1.82) is 0 Å². The van der Waals surface area contributed by atoms with Crippen molar-refractivity contribution in [3.05, 3.63) is 18.0 Å². The predicted molar refractivity (Wildman–Crippen MR) is 59.8 cm³/mol. The molecule has 2 unspecified atom stereocenters. The summed E-state index contributed by atoms with van der Waals surface area (Å²) in [4.78, 5) is 0. The van der Waals surface area contributed by atoms with Crippen LogP contribution in [0.4, 0.5) is 0 Å². The van der Waals surface area contributed by atoms with Crippen LogP contribution in [0, 0.1) is 5.92 Å². The minimum absolute atomic E-state index is 0.313. The molecule has 2 atom stereocenters. The van der Waals surface area contributed by atoms with E-state index in [1.54, 1.807) is 0 Å². The lowest BCUT2D eigenvalue weighted by Gasteiger charge is -2.20. The van der Waals surface area contributed by atoms with E-state index in [-0.39, 0.29) is 0 Å². The Morgan fingerprint density at radius 2 is 2.33 bits per heavy atom. The highest BCUT2D eigenvalue weighted by Crippen LogP contribution is 2.39. The molecule has 15 heavy (non-hydrogen) atoms. The van der Waals surface area contributed by atoms with Crippen LogP contribution >= 0.6 is 0 Å². The molecule has 3 heteroatoms. The molecule has 0 bridgehead atoms. The highest BCUT2D eigenvalue weighted by atomic mass is 16.3. The maximum atomic E-state index is 9.34. The Hall–Kier alpha value is -0.830. The van der Waals surface area contributed by atoms with Gasteiger partial charge in [0.05, 0.1) is 0 Å². The van der Waals surface area contributed by atoms with Crippen LogP contribution < -0.4 is 0 Å². The molecule has 1 aliphatic rings. The van der Waals surface area contributed by atoms with Crippen LogP contribution in [0.25, 0.3) is 0 Å². The van der Waals surface area contributed by atoms with Crippen molar-refractivity contribution in [3.8, 4) is 0 Å². The van der Waals surface area contributed by atoms with Crippen LogP contribution in [0.1, 0.15) is 50.8 Å². The first-order valence-corrected chi connectivity index (χ1v) is 5.88. The third-order valence-corrected chi connectivity index (χ3v) is 3.46. The van der Waals surface area contributed by atoms with Crippen molar-refractivity contribution in [2.45, 2.75) is 45.1 Å². The smallest absolute Gasteiger partial charge is 0.0492 e. The average Bonchev–Trinajstić information content (AvgIpc) is 2.85. The molecule has 0 amide bonds. The number of rotatable bonds is 3. The molecular formula is C12H20N2O. The summed E-state index contributed by atoms with van der Waals surface area (Å²) in [5.74, 6) is 0.957. The lowest BCUT2D eigenvalue weighted by molar-refractivity contribution is 0.214. The van der Waals surface area contributed by atoms with Crippen LogP contribution in [0.3, 0.4) is 0 Å². The fourth-order valence-electron chi connectivity index (χ4n) is 2.69. The first-order valence-electron chi connectivity index (χ1n) is 5.88. The number of hydrogen-bond donors (Lipinski definition) is 1. The predicted octanol–water partition coefficient (Wildman–Crippen LogP) is 2.34. The van der Waals surface area contributed by atoms with Crippen LogP contribution in [0.2, 0.25) is 0 Å². The summed E-state index contributed by atoms with van der Waals surface area (Å²) in [6.07, 6.45) is 5.47. The van der Waals surface area contributed by atoms with Gasteiger partial charge in [0.25, 0.3) is 0 Å². The van der Waals surface area contributed by atoms with E-state index in [2.05, 4.69) is 29.7 Å². The molecule has 1 heterocycles. The van der Waals surface area contributed by atoms with Crippen LogP contribution in [0.15, 0.2) is 12.3 Å². The second-order valence-corrected chi connectivity index (χ2v) is 4.77. The average molecular weight is 208 g/mol. The van der Waals surface area contributed by atoms with Gasteiger partial charge in [0.15, 0.2) is 0 Å². The van der Waals surface area contributed by atoms with Gasteiger partial charge in [-0.15, -0.1) is 0 Å². The number of aromatic nitrogens is 2. The molecule has 1 aliphatic carbocycles. The molecule has 1 saturated carbocycles. The molecular weight excluding hydrogens is 188 g/mol. The highest BCUT2D eigenvalue weighted by Gasteiger charge is 2.30. The number of hydrogen-bond acceptors (Lipinski definition) is 2. The second-order valence-electron chi connectivity index (χ2n) is 4.77. The third-order valence-electron chi connectivity index (χ3n) is 3.46. The quantitative estimate of drug-likeness (QED) is 0.828. The van der Waals surface area contributed by atoms with Crippen LogP contribution in [0.5, 0.6) is 0 Å². The van der Waals surface area contributed by atoms with Crippen LogP contribution in [-0.4, -0.2) is 21.5 Å². The molecule has 84 valence electrons. The molecule has 1 N–H and O–H groups in total. The molecule has 1 aromatic heterocycles. The van der Waals surface area contributed by atoms with Crippen LogP contribution in [-0.2, 0) is 0 Å². The van der Waals surface area contributed by atoms with E-state index in [0.29, 0.717) is 24.5 Å². The Kier molecular flexibility index (Phi) is 3.10. The molecule has 0 radical (unpaired) electrons. The van der Waals surface area contributed by atoms with Gasteiger partial charge in [0.2, 0.25) is 0 Å². The summed E-state index contributed by atoms with van der Waals surface area (Å²) in [5.41, 5.74) is 1.31. The fourth-order valence-corrected chi connectivity index (χ4v) is 2.69. The normalized spacial score (nSPS) is 26.4. The third kappa shape index (κ3) is 1.93. The van der Waals surface area contributed by atoms with Gasteiger partial charge >= 0.3 is 0 Å². The van der Waals surface area contributed by atoms with Gasteiger partial charge < -0.3 is 5.11 Å². The molecule has 2 rings (SSSR count). The van der Waals surface area contributed by atoms with Gasteiger partial charge in [-0.05, 0) is 38.7 Å². The van der Waals surface area contributed by atoms with Crippen molar-refractivity contribution in [2.75, 3.05) is 6.61 Å². The minimum atomic E-state index is 0.313. The Balaban J connectivity index is 2.24. The Bertz CT molecular complexity index is 319. The lowest BCUT2D eigenvalue weighted by atomic mass is 9.93. The van der Waals surface area contributed by atoms with Crippen molar-refractivity contribution in [2.24, 2.45) is 5.92 Å². The summed E-state index contributed by atoms with van der Waals surface area (Å²) in [7, 11) is 0. The first-order chi connectivity index (χ1) is 7.24. The van der Waals surface area contributed by atoms with Gasteiger partial charge in [0.1, 0.15) is 0 Å². The molecule has 0 spiro atoms. The van der Waals surface area contributed by atoms with E-state index >= 15 is 0 Å². The SMILES string of the molecule is CC(C)n1nccc1C1CCCC1CO. The summed E-state index contributed by atoms with van der Waals surface area (Å²) in [6.45, 7) is 4.62. The summed E-state index contributed by atoms with van der Waals surface area (Å²) >= 11 is 0. The van der Waals surface area contributed by atoms with Crippen molar-refractivity contribution in [1.82, 2.24) is 9.78 Å². The van der Waals surface area contributed by atoms with Crippen molar-refractivity contribution < 1.29 is 5.11 Å². The Labute approximate surface area is 91.1 Å². The number of nitrogens with zero attached hydrogens (tertiary/aromatic N) is 2. The van der Waals surface area contributed by atoms with E-state index in [9.17, 15) is 5.11 Å². The Morgan fingerprint density at radius 1 is 1.53 bits per heavy atom. The highest BCUT2D eigenvalue weighted by molar-refractivity contribution is 5.12. The van der Waals surface area contributed by atoms with E-state index in [0.717, 1.165) is 6.42 Å². The van der Waals surface area contributed by atoms with Crippen molar-refractivity contribution in [3.63, 3.8) is 0 Å². The van der Waals surface area contributed by atoms with Gasteiger partial charge in [-0.3, -0.25) is 4.68 Å². The molecule has 0 saturated heterocycles. The maximum Gasteiger partial charge on any atom is 0.0492 e.